The Hall–Kier alpha value is -3.83. The maximum atomic E-state index is 13.0. The second-order valence-electron chi connectivity index (χ2n) is 8.28. The Morgan fingerprint density at radius 2 is 1.39 bits per heavy atom. The van der Waals surface area contributed by atoms with E-state index >= 15 is 0 Å². The van der Waals surface area contributed by atoms with Crippen LogP contribution in [0.25, 0.3) is 11.3 Å². The van der Waals surface area contributed by atoms with Crippen molar-refractivity contribution in [3.8, 4) is 11.3 Å². The van der Waals surface area contributed by atoms with Gasteiger partial charge < -0.3 is 15.5 Å². The van der Waals surface area contributed by atoms with Crippen LogP contribution in [0.5, 0.6) is 0 Å². The van der Waals surface area contributed by atoms with Gasteiger partial charge in [0.25, 0.3) is 0 Å². The molecule has 2 amide bonds. The zero-order valence-electron chi connectivity index (χ0n) is 18.7. The molecule has 3 aromatic rings. The fourth-order valence-electron chi connectivity index (χ4n) is 3.85. The fourth-order valence-corrected chi connectivity index (χ4v) is 3.85. The van der Waals surface area contributed by atoms with Crippen molar-refractivity contribution in [2.45, 2.75) is 31.6 Å². The Bertz CT molecular complexity index is 1190. The SMILES string of the molecule is O=C(Nc1cccc(-c2ccc(N3CCCCC3)nn2)c1)Nc1cc(C(F)(F)F)cc(C(F)(F)F)c1. The second kappa shape index (κ2) is 10.0. The predicted octanol–water partition coefficient (Wildman–Crippen LogP) is 6.82. The number of nitrogens with one attached hydrogen (secondary N) is 2. The average Bonchev–Trinajstić information content (AvgIpc) is 2.83. The topological polar surface area (TPSA) is 70.2 Å². The highest BCUT2D eigenvalue weighted by Gasteiger charge is 2.37. The number of alkyl halides is 6. The van der Waals surface area contributed by atoms with Gasteiger partial charge in [0.1, 0.15) is 0 Å². The van der Waals surface area contributed by atoms with E-state index in [4.69, 9.17) is 0 Å². The summed E-state index contributed by atoms with van der Waals surface area (Å²) in [4.78, 5) is 14.5. The van der Waals surface area contributed by atoms with Crippen LogP contribution in [-0.4, -0.2) is 29.3 Å². The van der Waals surface area contributed by atoms with Crippen molar-refractivity contribution >= 4 is 23.2 Å². The number of hydrogen-bond donors (Lipinski definition) is 2. The Balaban J connectivity index is 1.48. The molecule has 0 spiro atoms. The van der Waals surface area contributed by atoms with Gasteiger partial charge in [-0.1, -0.05) is 12.1 Å². The van der Waals surface area contributed by atoms with Gasteiger partial charge in [0.2, 0.25) is 0 Å². The van der Waals surface area contributed by atoms with E-state index in [0.717, 1.165) is 31.7 Å². The first-order chi connectivity index (χ1) is 17.0. The number of benzene rings is 2. The Morgan fingerprint density at radius 1 is 0.750 bits per heavy atom. The molecule has 0 unspecified atom stereocenters. The molecular weight excluding hydrogens is 488 g/mol. The summed E-state index contributed by atoms with van der Waals surface area (Å²) in [6.07, 6.45) is -6.67. The summed E-state index contributed by atoms with van der Waals surface area (Å²) in [6, 6.07) is 9.94. The molecule has 4 rings (SSSR count). The van der Waals surface area contributed by atoms with E-state index in [1.54, 1.807) is 24.3 Å². The molecule has 0 bridgehead atoms. The highest BCUT2D eigenvalue weighted by Crippen LogP contribution is 2.37. The molecule has 1 aliphatic rings. The zero-order chi connectivity index (χ0) is 25.9. The maximum Gasteiger partial charge on any atom is 0.416 e. The van der Waals surface area contributed by atoms with Crippen LogP contribution in [0, 0.1) is 0 Å². The smallest absolute Gasteiger partial charge is 0.355 e. The van der Waals surface area contributed by atoms with Gasteiger partial charge in [-0.2, -0.15) is 26.3 Å². The minimum Gasteiger partial charge on any atom is -0.355 e. The summed E-state index contributed by atoms with van der Waals surface area (Å²) < 4.78 is 78.3. The van der Waals surface area contributed by atoms with Gasteiger partial charge >= 0.3 is 18.4 Å². The van der Waals surface area contributed by atoms with Crippen LogP contribution < -0.4 is 15.5 Å². The molecule has 0 atom stereocenters. The Morgan fingerprint density at radius 3 is 1.97 bits per heavy atom. The number of nitrogens with zero attached hydrogens (tertiary/aromatic N) is 3. The second-order valence-corrected chi connectivity index (χ2v) is 8.28. The van der Waals surface area contributed by atoms with E-state index < -0.39 is 35.2 Å². The Kier molecular flexibility index (Phi) is 7.04. The van der Waals surface area contributed by atoms with Crippen LogP contribution in [0.4, 0.5) is 48.3 Å². The average molecular weight is 509 g/mol. The standard InChI is InChI=1S/C24H21F6N5O/c25-23(26,27)16-12-17(24(28,29)30)14-19(13-16)32-22(36)31-18-6-4-5-15(11-18)20-7-8-21(34-33-20)35-9-2-1-3-10-35/h4-8,11-14H,1-3,9-10H2,(H2,31,32,36). The lowest BCUT2D eigenvalue weighted by molar-refractivity contribution is -0.143. The summed E-state index contributed by atoms with van der Waals surface area (Å²) in [7, 11) is 0. The summed E-state index contributed by atoms with van der Waals surface area (Å²) >= 11 is 0. The van der Waals surface area contributed by atoms with Gasteiger partial charge in [-0.25, -0.2) is 4.79 Å². The quantitative estimate of drug-likeness (QED) is 0.379. The van der Waals surface area contributed by atoms with Gasteiger partial charge in [0, 0.05) is 30.0 Å². The summed E-state index contributed by atoms with van der Waals surface area (Å²) in [5, 5.41) is 13.0. The van der Waals surface area contributed by atoms with Crippen LogP contribution in [0.15, 0.2) is 54.6 Å². The molecule has 0 saturated carbocycles. The molecule has 190 valence electrons. The van der Waals surface area contributed by atoms with Gasteiger partial charge in [-0.3, -0.25) is 0 Å². The molecule has 6 nitrogen and oxygen atoms in total. The summed E-state index contributed by atoms with van der Waals surface area (Å²) in [6.45, 7) is 1.83. The van der Waals surface area contributed by atoms with Crippen molar-refractivity contribution in [2.75, 3.05) is 28.6 Å². The van der Waals surface area contributed by atoms with E-state index in [1.165, 1.54) is 12.5 Å². The molecular formula is C24H21F6N5O. The third-order valence-electron chi connectivity index (χ3n) is 5.59. The molecule has 0 radical (unpaired) electrons. The first kappa shape index (κ1) is 25.3. The molecule has 2 heterocycles. The third kappa shape index (κ3) is 6.23. The van der Waals surface area contributed by atoms with E-state index in [0.29, 0.717) is 23.4 Å². The summed E-state index contributed by atoms with van der Waals surface area (Å²) in [5.74, 6) is 0.770. The van der Waals surface area contributed by atoms with E-state index in [9.17, 15) is 31.1 Å². The molecule has 1 saturated heterocycles. The van der Waals surface area contributed by atoms with Gasteiger partial charge in [0.05, 0.1) is 16.8 Å². The van der Waals surface area contributed by atoms with Crippen molar-refractivity contribution in [1.82, 2.24) is 10.2 Å². The van der Waals surface area contributed by atoms with Crippen LogP contribution in [0.1, 0.15) is 30.4 Å². The maximum absolute atomic E-state index is 13.0. The highest BCUT2D eigenvalue weighted by molar-refractivity contribution is 6.00. The zero-order valence-corrected chi connectivity index (χ0v) is 18.7. The van der Waals surface area contributed by atoms with Crippen LogP contribution >= 0.6 is 0 Å². The number of piperidine rings is 1. The number of anilines is 3. The van der Waals surface area contributed by atoms with Crippen LogP contribution in [0.3, 0.4) is 0 Å². The largest absolute Gasteiger partial charge is 0.416 e. The number of aromatic nitrogens is 2. The van der Waals surface area contributed by atoms with Gasteiger partial charge in [-0.15, -0.1) is 10.2 Å². The highest BCUT2D eigenvalue weighted by atomic mass is 19.4. The summed E-state index contributed by atoms with van der Waals surface area (Å²) in [5.41, 5.74) is -2.29. The molecule has 36 heavy (non-hydrogen) atoms. The van der Waals surface area contributed by atoms with E-state index in [-0.39, 0.29) is 11.8 Å². The number of halogens is 6. The first-order valence-corrected chi connectivity index (χ1v) is 11.1. The third-order valence-corrected chi connectivity index (χ3v) is 5.59. The molecule has 12 heteroatoms. The number of amides is 2. The van der Waals surface area contributed by atoms with E-state index in [1.807, 2.05) is 11.4 Å². The van der Waals surface area contributed by atoms with Crippen molar-refractivity contribution in [3.63, 3.8) is 0 Å². The number of hydrogen-bond acceptors (Lipinski definition) is 4. The monoisotopic (exact) mass is 509 g/mol. The molecule has 2 aromatic carbocycles. The fraction of sp³-hybridized carbons (Fsp3) is 0.292. The van der Waals surface area contributed by atoms with Gasteiger partial charge in [0.15, 0.2) is 5.82 Å². The number of carbonyl (C=O) groups excluding carboxylic acids is 1. The first-order valence-electron chi connectivity index (χ1n) is 11.1. The van der Waals surface area contributed by atoms with Crippen molar-refractivity contribution in [1.29, 1.82) is 0 Å². The van der Waals surface area contributed by atoms with E-state index in [2.05, 4.69) is 20.4 Å². The minimum atomic E-state index is -5.02. The number of rotatable bonds is 4. The Labute approximate surface area is 202 Å². The number of carbonyl (C=O) groups is 1. The minimum absolute atomic E-state index is 0.00977. The van der Waals surface area contributed by atoms with Crippen molar-refractivity contribution in [2.24, 2.45) is 0 Å². The molecule has 1 aromatic heterocycles. The predicted molar refractivity (Wildman–Crippen MR) is 123 cm³/mol. The van der Waals surface area contributed by atoms with Gasteiger partial charge in [-0.05, 0) is 61.7 Å². The normalized spacial score (nSPS) is 14.4. The molecule has 1 aliphatic heterocycles. The van der Waals surface area contributed by atoms with Crippen molar-refractivity contribution < 1.29 is 31.1 Å². The van der Waals surface area contributed by atoms with Crippen LogP contribution in [0.2, 0.25) is 0 Å². The lowest BCUT2D eigenvalue weighted by Gasteiger charge is -2.27. The van der Waals surface area contributed by atoms with Crippen molar-refractivity contribution in [3.05, 3.63) is 65.7 Å². The molecule has 2 N–H and O–H groups in total. The number of urea groups is 1. The lowest BCUT2D eigenvalue weighted by Crippen LogP contribution is -2.30. The lowest BCUT2D eigenvalue weighted by atomic mass is 10.1. The van der Waals surface area contributed by atoms with Crippen LogP contribution in [-0.2, 0) is 12.4 Å². The molecule has 0 aliphatic carbocycles. The molecule has 1 fully saturated rings.